The van der Waals surface area contributed by atoms with Gasteiger partial charge in [0, 0.05) is 13.6 Å². The minimum atomic E-state index is -4.51. The number of para-hydroxylation sites is 3. The van der Waals surface area contributed by atoms with Crippen LogP contribution in [0.4, 0.5) is 19.0 Å². The number of likely N-dealkylation sites (N-methyl/N-ethyl adjacent to an activating group) is 1. The lowest BCUT2D eigenvalue weighted by atomic mass is 10.2. The predicted molar refractivity (Wildman–Crippen MR) is 95.8 cm³/mol. The van der Waals surface area contributed by atoms with Gasteiger partial charge < -0.3 is 14.7 Å². The van der Waals surface area contributed by atoms with Gasteiger partial charge in [-0.2, -0.15) is 13.2 Å². The van der Waals surface area contributed by atoms with E-state index in [4.69, 9.17) is 4.74 Å². The van der Waals surface area contributed by atoms with Gasteiger partial charge in [0.2, 0.25) is 0 Å². The van der Waals surface area contributed by atoms with Crippen molar-refractivity contribution < 1.29 is 23.0 Å². The summed E-state index contributed by atoms with van der Waals surface area (Å²) in [4.78, 5) is 10.4. The average Bonchev–Trinajstić information content (AvgIpc) is 2.65. The molecule has 0 saturated carbocycles. The van der Waals surface area contributed by atoms with Gasteiger partial charge in [-0.25, -0.2) is 4.98 Å². The molecule has 0 aliphatic rings. The normalized spacial score (nSPS) is 12.8. The molecule has 0 aliphatic heterocycles. The molecule has 1 N–H and O–H groups in total. The lowest BCUT2D eigenvalue weighted by Gasteiger charge is -2.22. The van der Waals surface area contributed by atoms with E-state index in [-0.39, 0.29) is 18.9 Å². The summed E-state index contributed by atoms with van der Waals surface area (Å²) >= 11 is 0. The highest BCUT2D eigenvalue weighted by molar-refractivity contribution is 5.75. The Morgan fingerprint density at radius 2 is 1.74 bits per heavy atom. The zero-order valence-electron chi connectivity index (χ0n) is 14.5. The van der Waals surface area contributed by atoms with Crippen molar-refractivity contribution in [3.8, 4) is 5.75 Å². The third kappa shape index (κ3) is 4.65. The fraction of sp³-hybridized carbons (Fsp3) is 0.263. The number of aromatic nitrogens is 2. The van der Waals surface area contributed by atoms with Crippen LogP contribution in [0.15, 0.2) is 54.7 Å². The molecular formula is C19H18F3N3O2. The van der Waals surface area contributed by atoms with Crippen LogP contribution in [0.2, 0.25) is 0 Å². The summed E-state index contributed by atoms with van der Waals surface area (Å²) in [5.74, 6) is 0.237. The van der Waals surface area contributed by atoms with E-state index in [0.717, 1.165) is 11.6 Å². The molecule has 142 valence electrons. The summed E-state index contributed by atoms with van der Waals surface area (Å²) in [6.07, 6.45) is -3.95. The number of anilines is 1. The average molecular weight is 377 g/mol. The Morgan fingerprint density at radius 3 is 2.48 bits per heavy atom. The summed E-state index contributed by atoms with van der Waals surface area (Å²) in [7, 11) is 1.71. The van der Waals surface area contributed by atoms with Crippen LogP contribution >= 0.6 is 0 Å². The van der Waals surface area contributed by atoms with Crippen molar-refractivity contribution in [3.63, 3.8) is 0 Å². The fourth-order valence-electron chi connectivity index (χ4n) is 2.61. The first-order valence-corrected chi connectivity index (χ1v) is 8.24. The lowest BCUT2D eigenvalue weighted by Crippen LogP contribution is -2.33. The maximum absolute atomic E-state index is 13.0. The Hall–Kier alpha value is -2.87. The molecule has 5 nitrogen and oxygen atoms in total. The van der Waals surface area contributed by atoms with Crippen LogP contribution in [-0.4, -0.2) is 41.4 Å². The quantitative estimate of drug-likeness (QED) is 0.712. The molecule has 1 unspecified atom stereocenters. The van der Waals surface area contributed by atoms with Crippen molar-refractivity contribution in [2.45, 2.75) is 12.3 Å². The van der Waals surface area contributed by atoms with Gasteiger partial charge in [-0.15, -0.1) is 0 Å². The van der Waals surface area contributed by atoms with Crippen LogP contribution in [0.25, 0.3) is 11.0 Å². The standard InChI is InChI=1S/C19H18F3N3O2/c1-25(18-10-23-15-7-3-4-8-16(15)24-18)11-13(26)12-27-17-9-5-2-6-14(17)19(20,21)22/h2-10,13,26H,11-12H2,1H3. The minimum Gasteiger partial charge on any atom is -0.490 e. The molecule has 1 heterocycles. The number of aliphatic hydroxyl groups excluding tert-OH is 1. The maximum atomic E-state index is 13.0. The molecule has 0 bridgehead atoms. The zero-order valence-corrected chi connectivity index (χ0v) is 14.5. The van der Waals surface area contributed by atoms with Crippen LogP contribution in [0.5, 0.6) is 5.75 Å². The smallest absolute Gasteiger partial charge is 0.419 e. The zero-order chi connectivity index (χ0) is 19.4. The minimum absolute atomic E-state index is 0.126. The first-order chi connectivity index (χ1) is 12.8. The number of nitrogens with zero attached hydrogens (tertiary/aromatic N) is 3. The number of aliphatic hydroxyl groups is 1. The van der Waals surface area contributed by atoms with E-state index in [1.54, 1.807) is 18.1 Å². The van der Waals surface area contributed by atoms with Crippen molar-refractivity contribution in [1.82, 2.24) is 9.97 Å². The van der Waals surface area contributed by atoms with E-state index >= 15 is 0 Å². The number of fused-ring (bicyclic) bond motifs is 1. The molecule has 2 aromatic carbocycles. The van der Waals surface area contributed by atoms with Crippen LogP contribution in [-0.2, 0) is 6.18 Å². The Labute approximate surface area is 154 Å². The van der Waals surface area contributed by atoms with Gasteiger partial charge in [-0.05, 0) is 24.3 Å². The molecule has 0 aliphatic carbocycles. The van der Waals surface area contributed by atoms with E-state index < -0.39 is 17.8 Å². The SMILES string of the molecule is CN(CC(O)COc1ccccc1C(F)(F)F)c1cnc2ccccc2n1. The molecule has 0 fully saturated rings. The van der Waals surface area contributed by atoms with E-state index in [2.05, 4.69) is 9.97 Å². The summed E-state index contributed by atoms with van der Waals surface area (Å²) in [5, 5.41) is 10.2. The second kappa shape index (κ2) is 7.79. The Balaban J connectivity index is 1.63. The van der Waals surface area contributed by atoms with Gasteiger partial charge in [-0.1, -0.05) is 24.3 Å². The highest BCUT2D eigenvalue weighted by Gasteiger charge is 2.34. The van der Waals surface area contributed by atoms with E-state index in [0.29, 0.717) is 11.3 Å². The number of benzene rings is 2. The highest BCUT2D eigenvalue weighted by atomic mass is 19.4. The Bertz CT molecular complexity index is 918. The molecule has 0 spiro atoms. The largest absolute Gasteiger partial charge is 0.490 e. The third-order valence-corrected chi connectivity index (χ3v) is 3.94. The van der Waals surface area contributed by atoms with E-state index in [9.17, 15) is 18.3 Å². The lowest BCUT2D eigenvalue weighted by molar-refractivity contribution is -0.139. The van der Waals surface area contributed by atoms with Gasteiger partial charge >= 0.3 is 6.18 Å². The molecule has 1 atom stereocenters. The summed E-state index contributed by atoms with van der Waals surface area (Å²) < 4.78 is 44.1. The van der Waals surface area contributed by atoms with Gasteiger partial charge in [0.05, 0.1) is 22.8 Å². The molecule has 0 radical (unpaired) electrons. The maximum Gasteiger partial charge on any atom is 0.419 e. The van der Waals surface area contributed by atoms with Crippen molar-refractivity contribution in [1.29, 1.82) is 0 Å². The van der Waals surface area contributed by atoms with Crippen molar-refractivity contribution in [2.75, 3.05) is 25.1 Å². The van der Waals surface area contributed by atoms with Crippen molar-refractivity contribution >= 4 is 16.9 Å². The summed E-state index contributed by atoms with van der Waals surface area (Å²) in [5.41, 5.74) is 0.597. The molecule has 8 heteroatoms. The van der Waals surface area contributed by atoms with Crippen LogP contribution in [0.1, 0.15) is 5.56 Å². The number of hydrogen-bond donors (Lipinski definition) is 1. The van der Waals surface area contributed by atoms with Gasteiger partial charge in [0.25, 0.3) is 0 Å². The highest BCUT2D eigenvalue weighted by Crippen LogP contribution is 2.35. The first-order valence-electron chi connectivity index (χ1n) is 8.24. The second-order valence-corrected chi connectivity index (χ2v) is 6.06. The van der Waals surface area contributed by atoms with E-state index in [1.807, 2.05) is 24.3 Å². The van der Waals surface area contributed by atoms with E-state index in [1.165, 1.54) is 18.2 Å². The number of hydrogen-bond acceptors (Lipinski definition) is 5. The first kappa shape index (κ1) is 18.9. The molecule has 3 rings (SSSR count). The van der Waals surface area contributed by atoms with Crippen molar-refractivity contribution in [2.24, 2.45) is 0 Å². The van der Waals surface area contributed by atoms with Gasteiger partial charge in [0.15, 0.2) is 0 Å². The fourth-order valence-corrected chi connectivity index (χ4v) is 2.61. The molecule has 0 saturated heterocycles. The number of alkyl halides is 3. The summed E-state index contributed by atoms with van der Waals surface area (Å²) in [6.45, 7) is -0.153. The molecule has 3 aromatic rings. The number of ether oxygens (including phenoxy) is 1. The molecule has 27 heavy (non-hydrogen) atoms. The Kier molecular flexibility index (Phi) is 5.46. The molecule has 0 amide bonds. The number of halogens is 3. The topological polar surface area (TPSA) is 58.5 Å². The van der Waals surface area contributed by atoms with Crippen LogP contribution < -0.4 is 9.64 Å². The predicted octanol–water partition coefficient (Wildman–Crippen LogP) is 3.52. The van der Waals surface area contributed by atoms with Crippen LogP contribution in [0, 0.1) is 0 Å². The second-order valence-electron chi connectivity index (χ2n) is 6.06. The third-order valence-electron chi connectivity index (χ3n) is 3.94. The van der Waals surface area contributed by atoms with Crippen LogP contribution in [0.3, 0.4) is 0 Å². The number of rotatable bonds is 6. The Morgan fingerprint density at radius 1 is 1.07 bits per heavy atom. The monoisotopic (exact) mass is 377 g/mol. The van der Waals surface area contributed by atoms with Gasteiger partial charge in [0.1, 0.15) is 24.3 Å². The van der Waals surface area contributed by atoms with Crippen molar-refractivity contribution in [3.05, 3.63) is 60.3 Å². The molecular weight excluding hydrogens is 359 g/mol. The van der Waals surface area contributed by atoms with Gasteiger partial charge in [-0.3, -0.25) is 4.98 Å². The summed E-state index contributed by atoms with van der Waals surface area (Å²) in [6, 6.07) is 12.3. The molecule has 1 aromatic heterocycles.